The second kappa shape index (κ2) is 3.72. The normalized spacial score (nSPS) is 10.1. The lowest BCUT2D eigenvalue weighted by molar-refractivity contribution is 0.416. The number of halogens is 1. The number of aromatic nitrogens is 2. The van der Waals surface area contributed by atoms with Crippen molar-refractivity contribution in [2.24, 2.45) is 0 Å². The standard InChI is InChI=1S/C10H9ClN2O/c1-14-9-5-3-2-4-7(9)8-6-12-13-10(8)11/h2-6H,1H3,(H,12,13). The van der Waals surface area contributed by atoms with Crippen molar-refractivity contribution >= 4 is 11.6 Å². The molecule has 0 spiro atoms. The van der Waals surface area contributed by atoms with Crippen molar-refractivity contribution in [1.82, 2.24) is 10.2 Å². The monoisotopic (exact) mass is 208 g/mol. The first-order valence-electron chi connectivity index (χ1n) is 4.15. The minimum absolute atomic E-state index is 0.523. The lowest BCUT2D eigenvalue weighted by atomic mass is 10.1. The maximum Gasteiger partial charge on any atom is 0.132 e. The second-order valence-electron chi connectivity index (χ2n) is 2.80. The summed E-state index contributed by atoms with van der Waals surface area (Å²) in [5.74, 6) is 0.788. The fourth-order valence-electron chi connectivity index (χ4n) is 1.33. The van der Waals surface area contributed by atoms with Gasteiger partial charge < -0.3 is 4.74 Å². The molecule has 0 saturated carbocycles. The molecular formula is C10H9ClN2O. The molecule has 4 heteroatoms. The Hall–Kier alpha value is -1.48. The van der Waals surface area contributed by atoms with Gasteiger partial charge in [0.2, 0.25) is 0 Å². The highest BCUT2D eigenvalue weighted by molar-refractivity contribution is 6.32. The van der Waals surface area contributed by atoms with E-state index in [9.17, 15) is 0 Å². The number of methoxy groups -OCH3 is 1. The third kappa shape index (κ3) is 1.46. The van der Waals surface area contributed by atoms with E-state index in [1.54, 1.807) is 13.3 Å². The van der Waals surface area contributed by atoms with E-state index in [0.29, 0.717) is 5.15 Å². The fraction of sp³-hybridized carbons (Fsp3) is 0.100. The van der Waals surface area contributed by atoms with Gasteiger partial charge in [-0.05, 0) is 6.07 Å². The average Bonchev–Trinajstić information content (AvgIpc) is 2.64. The number of ether oxygens (including phenoxy) is 1. The van der Waals surface area contributed by atoms with Crippen molar-refractivity contribution in [2.45, 2.75) is 0 Å². The molecule has 0 fully saturated rings. The number of aromatic amines is 1. The van der Waals surface area contributed by atoms with E-state index < -0.39 is 0 Å². The van der Waals surface area contributed by atoms with Crippen LogP contribution in [-0.2, 0) is 0 Å². The molecule has 0 saturated heterocycles. The first kappa shape index (κ1) is 9.09. The number of hydrogen-bond acceptors (Lipinski definition) is 2. The van der Waals surface area contributed by atoms with E-state index in [0.717, 1.165) is 16.9 Å². The van der Waals surface area contributed by atoms with Gasteiger partial charge in [0.15, 0.2) is 0 Å². The summed E-state index contributed by atoms with van der Waals surface area (Å²) in [6, 6.07) is 7.67. The van der Waals surface area contributed by atoms with E-state index in [4.69, 9.17) is 16.3 Å². The molecule has 0 bridgehead atoms. The Morgan fingerprint density at radius 2 is 2.07 bits per heavy atom. The van der Waals surface area contributed by atoms with Gasteiger partial charge in [0.25, 0.3) is 0 Å². The van der Waals surface area contributed by atoms with Crippen molar-refractivity contribution in [2.75, 3.05) is 7.11 Å². The van der Waals surface area contributed by atoms with Gasteiger partial charge in [-0.15, -0.1) is 0 Å². The molecule has 1 N–H and O–H groups in total. The Morgan fingerprint density at radius 1 is 1.29 bits per heavy atom. The summed E-state index contributed by atoms with van der Waals surface area (Å²) >= 11 is 5.93. The van der Waals surface area contributed by atoms with Crippen molar-refractivity contribution in [1.29, 1.82) is 0 Å². The van der Waals surface area contributed by atoms with Crippen LogP contribution in [0.2, 0.25) is 5.15 Å². The van der Waals surface area contributed by atoms with Crippen LogP contribution in [0, 0.1) is 0 Å². The molecule has 0 atom stereocenters. The molecule has 0 aliphatic heterocycles. The Kier molecular flexibility index (Phi) is 2.41. The number of nitrogens with one attached hydrogen (secondary N) is 1. The Morgan fingerprint density at radius 3 is 2.71 bits per heavy atom. The quantitative estimate of drug-likeness (QED) is 0.824. The van der Waals surface area contributed by atoms with Crippen LogP contribution in [0.5, 0.6) is 5.75 Å². The summed E-state index contributed by atoms with van der Waals surface area (Å²) in [5.41, 5.74) is 1.79. The van der Waals surface area contributed by atoms with Crippen LogP contribution in [0.1, 0.15) is 0 Å². The summed E-state index contributed by atoms with van der Waals surface area (Å²) < 4.78 is 5.22. The summed E-state index contributed by atoms with van der Waals surface area (Å²) in [4.78, 5) is 0. The highest BCUT2D eigenvalue weighted by Gasteiger charge is 2.09. The maximum atomic E-state index is 5.93. The van der Waals surface area contributed by atoms with E-state index in [1.807, 2.05) is 24.3 Å². The van der Waals surface area contributed by atoms with Crippen molar-refractivity contribution in [3.05, 3.63) is 35.6 Å². The molecule has 2 aromatic rings. The first-order valence-corrected chi connectivity index (χ1v) is 4.53. The van der Waals surface area contributed by atoms with Crippen LogP contribution in [0.4, 0.5) is 0 Å². The largest absolute Gasteiger partial charge is 0.496 e. The van der Waals surface area contributed by atoms with Crippen LogP contribution in [0.15, 0.2) is 30.5 Å². The number of nitrogens with zero attached hydrogens (tertiary/aromatic N) is 1. The van der Waals surface area contributed by atoms with Gasteiger partial charge in [0.1, 0.15) is 10.9 Å². The van der Waals surface area contributed by atoms with E-state index in [2.05, 4.69) is 10.2 Å². The zero-order valence-corrected chi connectivity index (χ0v) is 8.38. The van der Waals surface area contributed by atoms with E-state index >= 15 is 0 Å². The number of H-pyrrole nitrogens is 1. The molecular weight excluding hydrogens is 200 g/mol. The predicted molar refractivity (Wildman–Crippen MR) is 55.6 cm³/mol. The fourth-order valence-corrected chi connectivity index (χ4v) is 1.52. The average molecular weight is 209 g/mol. The molecule has 2 rings (SSSR count). The van der Waals surface area contributed by atoms with Crippen LogP contribution in [-0.4, -0.2) is 17.3 Å². The lowest BCUT2D eigenvalue weighted by Gasteiger charge is -2.05. The topological polar surface area (TPSA) is 37.9 Å². The zero-order chi connectivity index (χ0) is 9.97. The third-order valence-corrected chi connectivity index (χ3v) is 2.28. The summed E-state index contributed by atoms with van der Waals surface area (Å²) in [6.07, 6.45) is 1.68. The number of benzene rings is 1. The summed E-state index contributed by atoms with van der Waals surface area (Å²) in [5, 5.41) is 7.06. The Balaban J connectivity index is 2.56. The smallest absolute Gasteiger partial charge is 0.132 e. The molecule has 0 unspecified atom stereocenters. The molecule has 1 aromatic heterocycles. The van der Waals surface area contributed by atoms with Gasteiger partial charge in [-0.25, -0.2) is 0 Å². The highest BCUT2D eigenvalue weighted by atomic mass is 35.5. The summed E-state index contributed by atoms with van der Waals surface area (Å²) in [6.45, 7) is 0. The van der Waals surface area contributed by atoms with Crippen LogP contribution < -0.4 is 4.74 Å². The van der Waals surface area contributed by atoms with Crippen molar-refractivity contribution in [3.8, 4) is 16.9 Å². The van der Waals surface area contributed by atoms with Gasteiger partial charge in [0.05, 0.1) is 13.3 Å². The second-order valence-corrected chi connectivity index (χ2v) is 3.18. The molecule has 72 valence electrons. The zero-order valence-electron chi connectivity index (χ0n) is 7.62. The lowest BCUT2D eigenvalue weighted by Crippen LogP contribution is -1.86. The number of hydrogen-bond donors (Lipinski definition) is 1. The third-order valence-electron chi connectivity index (χ3n) is 1.99. The molecule has 0 radical (unpaired) electrons. The van der Waals surface area contributed by atoms with Gasteiger partial charge in [-0.2, -0.15) is 5.10 Å². The van der Waals surface area contributed by atoms with Crippen LogP contribution in [0.3, 0.4) is 0 Å². The van der Waals surface area contributed by atoms with Gasteiger partial charge >= 0.3 is 0 Å². The van der Waals surface area contributed by atoms with E-state index in [-0.39, 0.29) is 0 Å². The molecule has 0 aliphatic rings. The minimum atomic E-state index is 0.523. The summed E-state index contributed by atoms with van der Waals surface area (Å²) in [7, 11) is 1.63. The number of rotatable bonds is 2. The Bertz CT molecular complexity index is 439. The van der Waals surface area contributed by atoms with Gasteiger partial charge in [0, 0.05) is 11.1 Å². The molecule has 3 nitrogen and oxygen atoms in total. The molecule has 1 aromatic carbocycles. The predicted octanol–water partition coefficient (Wildman–Crippen LogP) is 2.74. The molecule has 14 heavy (non-hydrogen) atoms. The first-order chi connectivity index (χ1) is 6.83. The minimum Gasteiger partial charge on any atom is -0.496 e. The van der Waals surface area contributed by atoms with Crippen molar-refractivity contribution in [3.63, 3.8) is 0 Å². The Labute approximate surface area is 86.7 Å². The van der Waals surface area contributed by atoms with Gasteiger partial charge in [-0.1, -0.05) is 29.8 Å². The molecule has 0 aliphatic carbocycles. The SMILES string of the molecule is COc1ccccc1-c1cn[nH]c1Cl. The molecule has 1 heterocycles. The number of para-hydroxylation sites is 1. The highest BCUT2D eigenvalue weighted by Crippen LogP contribution is 2.32. The van der Waals surface area contributed by atoms with Crippen molar-refractivity contribution < 1.29 is 4.74 Å². The van der Waals surface area contributed by atoms with Crippen LogP contribution in [0.25, 0.3) is 11.1 Å². The van der Waals surface area contributed by atoms with E-state index in [1.165, 1.54) is 0 Å². The maximum absolute atomic E-state index is 5.93. The molecule has 0 amide bonds. The van der Waals surface area contributed by atoms with Crippen LogP contribution >= 0.6 is 11.6 Å². The van der Waals surface area contributed by atoms with Gasteiger partial charge in [-0.3, -0.25) is 5.10 Å².